The lowest BCUT2D eigenvalue weighted by atomic mass is 10.0. The summed E-state index contributed by atoms with van der Waals surface area (Å²) in [5, 5.41) is 13.0. The van der Waals surface area contributed by atoms with Crippen LogP contribution in [0.15, 0.2) is 22.8 Å². The van der Waals surface area contributed by atoms with Crippen LogP contribution in [-0.2, 0) is 4.79 Å². The van der Waals surface area contributed by atoms with Gasteiger partial charge in [0, 0.05) is 24.1 Å². The molecule has 1 aliphatic carbocycles. The van der Waals surface area contributed by atoms with Crippen LogP contribution < -0.4 is 5.32 Å². The number of rotatable bonds is 4. The number of carbonyl (C=O) groups is 1. The molecule has 1 aromatic heterocycles. The Morgan fingerprint density at radius 3 is 3.22 bits per heavy atom. The van der Waals surface area contributed by atoms with Gasteiger partial charge in [-0.2, -0.15) is 11.8 Å². The zero-order valence-electron chi connectivity index (χ0n) is 10.1. The minimum atomic E-state index is -0.699. The molecule has 0 spiro atoms. The maximum absolute atomic E-state index is 11.9. The fraction of sp³-hybridized carbons (Fsp3) is 0.615. The van der Waals surface area contributed by atoms with Gasteiger partial charge in [0.15, 0.2) is 0 Å². The summed E-state index contributed by atoms with van der Waals surface area (Å²) in [4.78, 5) is 11.9. The summed E-state index contributed by atoms with van der Waals surface area (Å²) in [6, 6.07) is 3.76. The van der Waals surface area contributed by atoms with E-state index in [0.717, 1.165) is 30.1 Å². The molecule has 1 saturated heterocycles. The Morgan fingerprint density at radius 2 is 2.56 bits per heavy atom. The second-order valence-electron chi connectivity index (χ2n) is 5.21. The van der Waals surface area contributed by atoms with Crippen molar-refractivity contribution in [3.8, 4) is 0 Å². The monoisotopic (exact) mass is 267 g/mol. The molecular weight excluding hydrogens is 250 g/mol. The molecule has 0 unspecified atom stereocenters. The summed E-state index contributed by atoms with van der Waals surface area (Å²) in [5.41, 5.74) is -0.699. The van der Waals surface area contributed by atoms with Crippen molar-refractivity contribution in [1.82, 2.24) is 5.32 Å². The fourth-order valence-electron chi connectivity index (χ4n) is 2.42. The van der Waals surface area contributed by atoms with Gasteiger partial charge in [-0.15, -0.1) is 0 Å². The van der Waals surface area contributed by atoms with Crippen molar-refractivity contribution in [2.24, 2.45) is 5.92 Å². The maximum atomic E-state index is 11.9. The summed E-state index contributed by atoms with van der Waals surface area (Å²) in [6.07, 6.45) is 3.26. The lowest BCUT2D eigenvalue weighted by Gasteiger charge is -2.21. The first-order chi connectivity index (χ1) is 8.68. The average Bonchev–Trinajstić information content (AvgIpc) is 2.78. The fourth-order valence-corrected chi connectivity index (χ4v) is 3.72. The Kier molecular flexibility index (Phi) is 3.11. The third kappa shape index (κ3) is 2.42. The molecule has 0 bridgehead atoms. The predicted octanol–water partition coefficient (Wildman–Crippen LogP) is 1.37. The summed E-state index contributed by atoms with van der Waals surface area (Å²) in [5.74, 6) is 2.89. The Balaban J connectivity index is 1.49. The SMILES string of the molecule is O=C(NC[C@]1(O)CCSC1)[C@H]1C[C@@H]1c1ccco1. The molecule has 4 nitrogen and oxygen atoms in total. The van der Waals surface area contributed by atoms with Crippen LogP contribution in [-0.4, -0.2) is 34.7 Å². The van der Waals surface area contributed by atoms with Gasteiger partial charge in [0.05, 0.1) is 11.9 Å². The van der Waals surface area contributed by atoms with E-state index in [2.05, 4.69) is 5.32 Å². The van der Waals surface area contributed by atoms with Crippen LogP contribution in [0.1, 0.15) is 24.5 Å². The normalized spacial score (nSPS) is 34.5. The lowest BCUT2D eigenvalue weighted by molar-refractivity contribution is -0.123. The molecule has 3 rings (SSSR count). The number of hydrogen-bond acceptors (Lipinski definition) is 4. The van der Waals surface area contributed by atoms with Crippen LogP contribution in [0.4, 0.5) is 0 Å². The Morgan fingerprint density at radius 1 is 1.67 bits per heavy atom. The zero-order chi connectivity index (χ0) is 12.6. The number of hydrogen-bond donors (Lipinski definition) is 2. The molecule has 2 N–H and O–H groups in total. The van der Waals surface area contributed by atoms with Crippen molar-refractivity contribution < 1.29 is 14.3 Å². The Bertz CT molecular complexity index is 425. The van der Waals surface area contributed by atoms with Crippen LogP contribution in [0, 0.1) is 5.92 Å². The topological polar surface area (TPSA) is 62.5 Å². The van der Waals surface area contributed by atoms with Crippen LogP contribution in [0.5, 0.6) is 0 Å². The molecule has 1 saturated carbocycles. The van der Waals surface area contributed by atoms with E-state index in [0.29, 0.717) is 6.54 Å². The minimum Gasteiger partial charge on any atom is -0.469 e. The Hall–Kier alpha value is -0.940. The molecule has 5 heteroatoms. The van der Waals surface area contributed by atoms with E-state index >= 15 is 0 Å². The van der Waals surface area contributed by atoms with Gasteiger partial charge >= 0.3 is 0 Å². The van der Waals surface area contributed by atoms with Gasteiger partial charge < -0.3 is 14.8 Å². The Labute approximate surface area is 110 Å². The standard InChI is InChI=1S/C13H17NO3S/c15-12(14-7-13(16)3-5-18-8-13)10-6-9(10)11-2-1-4-17-11/h1-2,4,9-10,16H,3,5-8H2,(H,14,15)/t9-,10-,13+/m0/s1. The van der Waals surface area contributed by atoms with Crippen molar-refractivity contribution in [3.63, 3.8) is 0 Å². The maximum Gasteiger partial charge on any atom is 0.223 e. The first-order valence-electron chi connectivity index (χ1n) is 6.29. The van der Waals surface area contributed by atoms with Gasteiger partial charge in [0.25, 0.3) is 0 Å². The number of nitrogens with one attached hydrogen (secondary N) is 1. The smallest absolute Gasteiger partial charge is 0.223 e. The van der Waals surface area contributed by atoms with Gasteiger partial charge in [-0.25, -0.2) is 0 Å². The molecule has 1 aliphatic heterocycles. The van der Waals surface area contributed by atoms with Crippen molar-refractivity contribution in [2.45, 2.75) is 24.4 Å². The minimum absolute atomic E-state index is 0.0220. The highest BCUT2D eigenvalue weighted by atomic mass is 32.2. The summed E-state index contributed by atoms with van der Waals surface area (Å²) in [6.45, 7) is 0.375. The van der Waals surface area contributed by atoms with E-state index in [-0.39, 0.29) is 17.7 Å². The summed E-state index contributed by atoms with van der Waals surface area (Å²) < 4.78 is 5.30. The first kappa shape index (κ1) is 12.1. The molecule has 0 radical (unpaired) electrons. The molecule has 3 atom stereocenters. The van der Waals surface area contributed by atoms with Gasteiger partial charge in [-0.3, -0.25) is 4.79 Å². The van der Waals surface area contributed by atoms with Crippen LogP contribution in [0.2, 0.25) is 0 Å². The molecule has 2 aliphatic rings. The molecule has 1 aromatic rings. The first-order valence-corrected chi connectivity index (χ1v) is 7.45. The van der Waals surface area contributed by atoms with Crippen LogP contribution >= 0.6 is 11.8 Å². The van der Waals surface area contributed by atoms with Gasteiger partial charge in [-0.1, -0.05) is 0 Å². The van der Waals surface area contributed by atoms with Crippen LogP contribution in [0.25, 0.3) is 0 Å². The lowest BCUT2D eigenvalue weighted by Crippen LogP contribution is -2.43. The van der Waals surface area contributed by atoms with Crippen LogP contribution in [0.3, 0.4) is 0 Å². The van der Waals surface area contributed by atoms with E-state index in [4.69, 9.17) is 4.42 Å². The summed E-state index contributed by atoms with van der Waals surface area (Å²) in [7, 11) is 0. The highest BCUT2D eigenvalue weighted by Crippen LogP contribution is 2.47. The third-order valence-electron chi connectivity index (χ3n) is 3.71. The zero-order valence-corrected chi connectivity index (χ0v) is 10.9. The van der Waals surface area contributed by atoms with Gasteiger partial charge in [0.1, 0.15) is 5.76 Å². The van der Waals surface area contributed by atoms with E-state index < -0.39 is 5.60 Å². The second-order valence-corrected chi connectivity index (χ2v) is 6.31. The number of carbonyl (C=O) groups excluding carboxylic acids is 1. The largest absolute Gasteiger partial charge is 0.469 e. The molecule has 98 valence electrons. The molecule has 1 amide bonds. The number of amides is 1. The quantitative estimate of drug-likeness (QED) is 0.865. The highest BCUT2D eigenvalue weighted by Gasteiger charge is 2.46. The van der Waals surface area contributed by atoms with E-state index in [9.17, 15) is 9.90 Å². The van der Waals surface area contributed by atoms with Gasteiger partial charge in [-0.05, 0) is 30.7 Å². The molecule has 0 aromatic carbocycles. The van der Waals surface area contributed by atoms with Crippen molar-refractivity contribution in [1.29, 1.82) is 0 Å². The molecule has 2 fully saturated rings. The number of furan rings is 1. The highest BCUT2D eigenvalue weighted by molar-refractivity contribution is 7.99. The van der Waals surface area contributed by atoms with Crippen molar-refractivity contribution in [3.05, 3.63) is 24.2 Å². The van der Waals surface area contributed by atoms with Crippen molar-refractivity contribution in [2.75, 3.05) is 18.1 Å². The van der Waals surface area contributed by atoms with Gasteiger partial charge in [0.2, 0.25) is 5.91 Å². The van der Waals surface area contributed by atoms with Crippen molar-refractivity contribution >= 4 is 17.7 Å². The van der Waals surface area contributed by atoms with E-state index in [1.165, 1.54) is 0 Å². The molecule has 2 heterocycles. The van der Waals surface area contributed by atoms with E-state index in [1.54, 1.807) is 18.0 Å². The number of aliphatic hydroxyl groups is 1. The van der Waals surface area contributed by atoms with E-state index in [1.807, 2.05) is 12.1 Å². The summed E-state index contributed by atoms with van der Waals surface area (Å²) >= 11 is 1.74. The molecule has 18 heavy (non-hydrogen) atoms. The molecular formula is C13H17NO3S. The second kappa shape index (κ2) is 4.63. The number of thioether (sulfide) groups is 1. The predicted molar refractivity (Wildman–Crippen MR) is 69.5 cm³/mol. The third-order valence-corrected chi connectivity index (χ3v) is 4.94. The average molecular weight is 267 g/mol.